The molecule has 0 unspecified atom stereocenters. The quantitative estimate of drug-likeness (QED) is 0.655. The topological polar surface area (TPSA) is 21.1 Å². The van der Waals surface area contributed by atoms with Gasteiger partial charge in [0.15, 0.2) is 0 Å². The fraction of sp³-hybridized carbons (Fsp3) is 1.00. The van der Waals surface area contributed by atoms with Crippen LogP contribution in [0.5, 0.6) is 0 Å². The molecule has 2 rings (SSSR count). The van der Waals surface area contributed by atoms with E-state index in [1.807, 2.05) is 4.90 Å². The molecule has 0 bridgehead atoms. The van der Waals surface area contributed by atoms with Crippen LogP contribution in [0.1, 0.15) is 51.4 Å². The highest BCUT2D eigenvalue weighted by Crippen LogP contribution is 2.04. The minimum absolute atomic E-state index is 0.967. The van der Waals surface area contributed by atoms with Gasteiger partial charge in [0, 0.05) is 6.42 Å². The third-order valence-corrected chi connectivity index (χ3v) is 4.21. The molecule has 2 heterocycles. The molecule has 0 saturated carbocycles. The number of piperidine rings is 1. The summed E-state index contributed by atoms with van der Waals surface area (Å²) in [6.45, 7) is 5.74. The maximum absolute atomic E-state index is 2.60. The highest BCUT2D eigenvalue weighted by atomic mass is 15.1. The zero-order chi connectivity index (χ0) is 10.3. The van der Waals surface area contributed by atoms with Gasteiger partial charge in [-0.25, -0.2) is 0 Å². The van der Waals surface area contributed by atoms with Gasteiger partial charge in [-0.2, -0.15) is 0 Å². The molecule has 2 aliphatic heterocycles. The molecule has 2 fully saturated rings. The van der Waals surface area contributed by atoms with E-state index in [1.54, 1.807) is 0 Å². The summed E-state index contributed by atoms with van der Waals surface area (Å²) in [5.74, 6) is 0. The second-order valence-electron chi connectivity index (χ2n) is 5.48. The lowest BCUT2D eigenvalue weighted by Crippen LogP contribution is -3.12. The van der Waals surface area contributed by atoms with Gasteiger partial charge >= 0.3 is 0 Å². The van der Waals surface area contributed by atoms with Crippen LogP contribution < -0.4 is 10.2 Å². The molecule has 0 aromatic heterocycles. The predicted molar refractivity (Wildman–Crippen MR) is 63.1 cm³/mol. The van der Waals surface area contributed by atoms with E-state index in [4.69, 9.17) is 0 Å². The van der Waals surface area contributed by atoms with E-state index in [0.717, 1.165) is 6.04 Å². The van der Waals surface area contributed by atoms with Gasteiger partial charge in [-0.3, -0.25) is 0 Å². The van der Waals surface area contributed by atoms with Gasteiger partial charge in [-0.15, -0.1) is 0 Å². The lowest BCUT2D eigenvalue weighted by molar-refractivity contribution is -0.901. The fourth-order valence-corrected chi connectivity index (χ4v) is 3.15. The molecule has 0 aromatic carbocycles. The summed E-state index contributed by atoms with van der Waals surface area (Å²) >= 11 is 0. The molecule has 3 N–H and O–H groups in total. The average molecular weight is 212 g/mol. The number of hydrogen-bond donors (Lipinski definition) is 2. The summed E-state index contributed by atoms with van der Waals surface area (Å²) < 4.78 is 0. The molecular weight excluding hydrogens is 184 g/mol. The van der Waals surface area contributed by atoms with E-state index >= 15 is 0 Å². The molecule has 0 aliphatic carbocycles. The van der Waals surface area contributed by atoms with Crippen LogP contribution in [0, 0.1) is 0 Å². The second-order valence-corrected chi connectivity index (χ2v) is 5.48. The maximum Gasteiger partial charge on any atom is 0.0913 e. The Morgan fingerprint density at radius 1 is 0.933 bits per heavy atom. The van der Waals surface area contributed by atoms with Crippen molar-refractivity contribution in [2.75, 3.05) is 26.2 Å². The first-order valence-electron chi connectivity index (χ1n) is 7.12. The monoisotopic (exact) mass is 212 g/mol. The van der Waals surface area contributed by atoms with Crippen molar-refractivity contribution in [1.82, 2.24) is 0 Å². The first-order valence-corrected chi connectivity index (χ1v) is 7.12. The smallest absolute Gasteiger partial charge is 0.0913 e. The summed E-state index contributed by atoms with van der Waals surface area (Å²) in [5.41, 5.74) is 0. The van der Waals surface area contributed by atoms with Crippen molar-refractivity contribution in [2.24, 2.45) is 0 Å². The number of nitrogens with one attached hydrogen (secondary N) is 1. The van der Waals surface area contributed by atoms with Crippen LogP contribution in [0.3, 0.4) is 0 Å². The number of likely N-dealkylation sites (tertiary alicyclic amines) is 1. The SMILES string of the molecule is C1CCC[NH+](CC[C@@H]2CCCC[NH2+]2)CC1. The van der Waals surface area contributed by atoms with Crippen molar-refractivity contribution in [2.45, 2.75) is 57.4 Å². The van der Waals surface area contributed by atoms with Crippen molar-refractivity contribution in [3.05, 3.63) is 0 Å². The maximum atomic E-state index is 2.60. The molecule has 15 heavy (non-hydrogen) atoms. The molecular formula is C13H28N2+2. The molecule has 0 spiro atoms. The third-order valence-electron chi connectivity index (χ3n) is 4.21. The summed E-state index contributed by atoms with van der Waals surface area (Å²) in [6.07, 6.45) is 11.8. The van der Waals surface area contributed by atoms with Crippen molar-refractivity contribution >= 4 is 0 Å². The Bertz CT molecular complexity index is 156. The van der Waals surface area contributed by atoms with E-state index in [0.29, 0.717) is 0 Å². The van der Waals surface area contributed by atoms with E-state index in [-0.39, 0.29) is 0 Å². The summed E-state index contributed by atoms with van der Waals surface area (Å²) in [4.78, 5) is 1.89. The van der Waals surface area contributed by atoms with Crippen LogP contribution in [0.2, 0.25) is 0 Å². The highest BCUT2D eigenvalue weighted by Gasteiger charge is 2.19. The van der Waals surface area contributed by atoms with Crippen LogP contribution >= 0.6 is 0 Å². The van der Waals surface area contributed by atoms with Gasteiger partial charge in [0.25, 0.3) is 0 Å². The number of nitrogens with two attached hydrogens (primary N) is 1. The Balaban J connectivity index is 1.62. The summed E-state index contributed by atoms with van der Waals surface area (Å²) in [6, 6.07) is 0.967. The van der Waals surface area contributed by atoms with E-state index < -0.39 is 0 Å². The van der Waals surface area contributed by atoms with Crippen LogP contribution in [0.15, 0.2) is 0 Å². The average Bonchev–Trinajstić information content (AvgIpc) is 2.56. The van der Waals surface area contributed by atoms with E-state index in [2.05, 4.69) is 5.32 Å². The lowest BCUT2D eigenvalue weighted by Gasteiger charge is -2.23. The van der Waals surface area contributed by atoms with Crippen molar-refractivity contribution in [3.8, 4) is 0 Å². The molecule has 88 valence electrons. The Morgan fingerprint density at radius 3 is 2.40 bits per heavy atom. The van der Waals surface area contributed by atoms with Gasteiger partial charge in [0.1, 0.15) is 0 Å². The van der Waals surface area contributed by atoms with Crippen molar-refractivity contribution in [3.63, 3.8) is 0 Å². The zero-order valence-electron chi connectivity index (χ0n) is 10.1. The largest absolute Gasteiger partial charge is 0.344 e. The first kappa shape index (κ1) is 11.4. The standard InChI is InChI=1S/C13H26N2/c1-2-6-11-15(10-5-1)12-8-13-7-3-4-9-14-13/h13-14H,1-12H2/p+2/t13-/m0/s1. The Morgan fingerprint density at radius 2 is 1.73 bits per heavy atom. The Kier molecular flexibility index (Phi) is 4.94. The Labute approximate surface area is 94.4 Å². The normalized spacial score (nSPS) is 30.0. The van der Waals surface area contributed by atoms with E-state index in [9.17, 15) is 0 Å². The predicted octanol–water partition coefficient (Wildman–Crippen LogP) is -0.0487. The minimum Gasteiger partial charge on any atom is -0.344 e. The van der Waals surface area contributed by atoms with Crippen molar-refractivity contribution < 1.29 is 10.2 Å². The summed E-state index contributed by atoms with van der Waals surface area (Å²) in [5, 5.41) is 2.60. The molecule has 2 nitrogen and oxygen atoms in total. The van der Waals surface area contributed by atoms with Gasteiger partial charge in [0.2, 0.25) is 0 Å². The zero-order valence-corrected chi connectivity index (χ0v) is 10.1. The fourth-order valence-electron chi connectivity index (χ4n) is 3.15. The number of hydrogen-bond acceptors (Lipinski definition) is 0. The second kappa shape index (κ2) is 6.49. The van der Waals surface area contributed by atoms with Crippen molar-refractivity contribution in [1.29, 1.82) is 0 Å². The third kappa shape index (κ3) is 4.12. The van der Waals surface area contributed by atoms with Gasteiger partial charge in [-0.05, 0) is 44.9 Å². The van der Waals surface area contributed by atoms with Gasteiger partial charge in [-0.1, -0.05) is 0 Å². The van der Waals surface area contributed by atoms with Crippen LogP contribution in [0.4, 0.5) is 0 Å². The molecule has 2 saturated heterocycles. The first-order chi connectivity index (χ1) is 7.45. The Hall–Kier alpha value is -0.0800. The molecule has 0 aromatic rings. The highest BCUT2D eigenvalue weighted by molar-refractivity contribution is 4.58. The molecule has 0 amide bonds. The van der Waals surface area contributed by atoms with Crippen LogP contribution in [0.25, 0.3) is 0 Å². The lowest BCUT2D eigenvalue weighted by atomic mass is 10.0. The van der Waals surface area contributed by atoms with Crippen LogP contribution in [-0.2, 0) is 0 Å². The molecule has 2 heteroatoms. The molecule has 0 radical (unpaired) electrons. The summed E-state index contributed by atoms with van der Waals surface area (Å²) in [7, 11) is 0. The van der Waals surface area contributed by atoms with Crippen LogP contribution in [-0.4, -0.2) is 32.2 Å². The number of rotatable bonds is 3. The minimum atomic E-state index is 0.967. The molecule has 2 aliphatic rings. The van der Waals surface area contributed by atoms with E-state index in [1.165, 1.54) is 77.5 Å². The van der Waals surface area contributed by atoms with Gasteiger partial charge in [0.05, 0.1) is 32.2 Å². The van der Waals surface area contributed by atoms with Gasteiger partial charge < -0.3 is 10.2 Å². The molecule has 1 atom stereocenters. The number of quaternary nitrogens is 2.